The van der Waals surface area contributed by atoms with E-state index in [4.69, 9.17) is 11.6 Å². The maximum Gasteiger partial charge on any atom is 0.224 e. The van der Waals surface area contributed by atoms with Crippen molar-refractivity contribution in [2.45, 2.75) is 46.1 Å². The molecule has 3 atom stereocenters. The highest BCUT2D eigenvalue weighted by Crippen LogP contribution is 2.28. The summed E-state index contributed by atoms with van der Waals surface area (Å²) in [6.07, 6.45) is 3.52. The van der Waals surface area contributed by atoms with Gasteiger partial charge in [-0.15, -0.1) is 11.6 Å². The Labute approximate surface area is 97.8 Å². The molecule has 0 bridgehead atoms. The Kier molecular flexibility index (Phi) is 4.91. The minimum absolute atomic E-state index is 0.0702. The lowest BCUT2D eigenvalue weighted by Crippen LogP contribution is -2.42. The summed E-state index contributed by atoms with van der Waals surface area (Å²) in [5.74, 6) is 1.90. The second-order valence-corrected chi connectivity index (χ2v) is 5.49. The summed E-state index contributed by atoms with van der Waals surface area (Å²) < 4.78 is 0. The molecule has 0 radical (unpaired) electrons. The van der Waals surface area contributed by atoms with E-state index < -0.39 is 0 Å². The van der Waals surface area contributed by atoms with Crippen molar-refractivity contribution < 1.29 is 4.79 Å². The number of carbonyl (C=O) groups is 1. The van der Waals surface area contributed by atoms with Gasteiger partial charge in [0.25, 0.3) is 0 Å². The Morgan fingerprint density at radius 2 is 1.87 bits per heavy atom. The molecule has 1 aliphatic rings. The SMILES string of the molecule is CC1CC(C)CC(NC(=O)C(C)CCl)C1. The van der Waals surface area contributed by atoms with Gasteiger partial charge in [0.2, 0.25) is 5.91 Å². The molecule has 0 aromatic heterocycles. The number of hydrogen-bond donors (Lipinski definition) is 1. The molecule has 1 rings (SSSR count). The molecule has 0 saturated heterocycles. The van der Waals surface area contributed by atoms with Crippen molar-refractivity contribution in [1.29, 1.82) is 0 Å². The molecule has 0 aromatic carbocycles. The first-order valence-electron chi connectivity index (χ1n) is 5.89. The molecule has 1 saturated carbocycles. The Balaban J connectivity index is 2.40. The Bertz CT molecular complexity index is 210. The second kappa shape index (κ2) is 5.74. The predicted octanol–water partition coefficient (Wildman–Crippen LogP) is 2.80. The third-order valence-electron chi connectivity index (χ3n) is 3.20. The standard InChI is InChI=1S/C12H22ClNO/c1-8-4-9(2)6-11(5-8)14-12(15)10(3)7-13/h8-11H,4-7H2,1-3H3,(H,14,15). The molecule has 15 heavy (non-hydrogen) atoms. The number of halogens is 1. The number of alkyl halides is 1. The van der Waals surface area contributed by atoms with Gasteiger partial charge in [-0.2, -0.15) is 0 Å². The minimum Gasteiger partial charge on any atom is -0.353 e. The maximum atomic E-state index is 11.7. The third-order valence-corrected chi connectivity index (χ3v) is 3.67. The summed E-state index contributed by atoms with van der Waals surface area (Å²) in [7, 11) is 0. The van der Waals surface area contributed by atoms with Crippen LogP contribution in [0.1, 0.15) is 40.0 Å². The molecular formula is C12H22ClNO. The van der Waals surface area contributed by atoms with Crippen molar-refractivity contribution in [2.75, 3.05) is 5.88 Å². The average Bonchev–Trinajstić information content (AvgIpc) is 2.14. The van der Waals surface area contributed by atoms with Crippen LogP contribution >= 0.6 is 11.6 Å². The molecule has 1 N–H and O–H groups in total. The summed E-state index contributed by atoms with van der Waals surface area (Å²) >= 11 is 5.66. The van der Waals surface area contributed by atoms with E-state index in [1.165, 1.54) is 6.42 Å². The van der Waals surface area contributed by atoms with E-state index in [-0.39, 0.29) is 11.8 Å². The van der Waals surface area contributed by atoms with Crippen LogP contribution in [0.15, 0.2) is 0 Å². The molecule has 0 heterocycles. The van der Waals surface area contributed by atoms with Gasteiger partial charge in [0.05, 0.1) is 0 Å². The second-order valence-electron chi connectivity index (χ2n) is 5.18. The van der Waals surface area contributed by atoms with Crippen LogP contribution in [0.25, 0.3) is 0 Å². The van der Waals surface area contributed by atoms with Gasteiger partial charge < -0.3 is 5.32 Å². The number of nitrogens with one attached hydrogen (secondary N) is 1. The van der Waals surface area contributed by atoms with Crippen LogP contribution in [0.5, 0.6) is 0 Å². The van der Waals surface area contributed by atoms with E-state index in [9.17, 15) is 4.79 Å². The average molecular weight is 232 g/mol. The van der Waals surface area contributed by atoms with Crippen LogP contribution in [0.3, 0.4) is 0 Å². The molecule has 0 aliphatic heterocycles. The normalized spacial score (nSPS) is 33.5. The fourth-order valence-corrected chi connectivity index (χ4v) is 2.62. The molecule has 0 aromatic rings. The molecule has 3 unspecified atom stereocenters. The number of rotatable bonds is 3. The monoisotopic (exact) mass is 231 g/mol. The first-order valence-corrected chi connectivity index (χ1v) is 6.42. The van der Waals surface area contributed by atoms with Crippen LogP contribution in [0, 0.1) is 17.8 Å². The highest BCUT2D eigenvalue weighted by molar-refractivity contribution is 6.19. The van der Waals surface area contributed by atoms with Crippen molar-refractivity contribution in [3.63, 3.8) is 0 Å². The first-order chi connectivity index (χ1) is 7.02. The predicted molar refractivity (Wildman–Crippen MR) is 64.0 cm³/mol. The van der Waals surface area contributed by atoms with Crippen LogP contribution < -0.4 is 5.32 Å². The Morgan fingerprint density at radius 1 is 1.33 bits per heavy atom. The molecule has 2 nitrogen and oxygen atoms in total. The van der Waals surface area contributed by atoms with E-state index >= 15 is 0 Å². The van der Waals surface area contributed by atoms with Crippen molar-refractivity contribution in [1.82, 2.24) is 5.32 Å². The zero-order valence-corrected chi connectivity index (χ0v) is 10.7. The van der Waals surface area contributed by atoms with E-state index in [1.54, 1.807) is 0 Å². The van der Waals surface area contributed by atoms with E-state index in [1.807, 2.05) is 6.92 Å². The van der Waals surface area contributed by atoms with Crippen molar-refractivity contribution in [3.05, 3.63) is 0 Å². The van der Waals surface area contributed by atoms with Crippen molar-refractivity contribution in [3.8, 4) is 0 Å². The lowest BCUT2D eigenvalue weighted by atomic mass is 9.80. The molecule has 1 fully saturated rings. The van der Waals surface area contributed by atoms with Gasteiger partial charge in [-0.3, -0.25) is 4.79 Å². The van der Waals surface area contributed by atoms with Gasteiger partial charge in [-0.05, 0) is 31.1 Å². The lowest BCUT2D eigenvalue weighted by molar-refractivity contribution is -0.125. The number of carbonyl (C=O) groups excluding carboxylic acids is 1. The summed E-state index contributed by atoms with van der Waals surface area (Å²) in [6.45, 7) is 6.40. The summed E-state index contributed by atoms with van der Waals surface area (Å²) in [6, 6.07) is 0.363. The van der Waals surface area contributed by atoms with Crippen molar-refractivity contribution in [2.24, 2.45) is 17.8 Å². The van der Waals surface area contributed by atoms with E-state index in [0.29, 0.717) is 11.9 Å². The van der Waals surface area contributed by atoms with Gasteiger partial charge in [-0.1, -0.05) is 20.8 Å². The highest BCUT2D eigenvalue weighted by Gasteiger charge is 2.25. The molecule has 1 aliphatic carbocycles. The molecular weight excluding hydrogens is 210 g/mol. The largest absolute Gasteiger partial charge is 0.353 e. The van der Waals surface area contributed by atoms with Crippen LogP contribution in [0.4, 0.5) is 0 Å². The summed E-state index contributed by atoms with van der Waals surface area (Å²) in [5.41, 5.74) is 0. The summed E-state index contributed by atoms with van der Waals surface area (Å²) in [4.78, 5) is 11.7. The number of hydrogen-bond acceptors (Lipinski definition) is 1. The fourth-order valence-electron chi connectivity index (χ4n) is 2.48. The van der Waals surface area contributed by atoms with Crippen molar-refractivity contribution >= 4 is 17.5 Å². The Morgan fingerprint density at radius 3 is 2.33 bits per heavy atom. The maximum absolute atomic E-state index is 11.7. The van der Waals surface area contributed by atoms with Crippen LogP contribution in [-0.2, 0) is 4.79 Å². The minimum atomic E-state index is -0.0702. The van der Waals surface area contributed by atoms with Crippen LogP contribution in [0.2, 0.25) is 0 Å². The van der Waals surface area contributed by atoms with Gasteiger partial charge in [0.15, 0.2) is 0 Å². The third kappa shape index (κ3) is 4.02. The molecule has 0 spiro atoms. The highest BCUT2D eigenvalue weighted by atomic mass is 35.5. The molecule has 3 heteroatoms. The molecule has 1 amide bonds. The zero-order chi connectivity index (χ0) is 11.4. The first kappa shape index (κ1) is 12.8. The fraction of sp³-hybridized carbons (Fsp3) is 0.917. The van der Waals surface area contributed by atoms with Gasteiger partial charge in [0.1, 0.15) is 0 Å². The van der Waals surface area contributed by atoms with Gasteiger partial charge in [-0.25, -0.2) is 0 Å². The topological polar surface area (TPSA) is 29.1 Å². The lowest BCUT2D eigenvalue weighted by Gasteiger charge is -2.32. The van der Waals surface area contributed by atoms with E-state index in [2.05, 4.69) is 19.2 Å². The Hall–Kier alpha value is -0.240. The van der Waals surface area contributed by atoms with E-state index in [0.717, 1.165) is 24.7 Å². The quantitative estimate of drug-likeness (QED) is 0.744. The zero-order valence-electron chi connectivity index (χ0n) is 9.92. The van der Waals surface area contributed by atoms with Crippen LogP contribution in [-0.4, -0.2) is 17.8 Å². The van der Waals surface area contributed by atoms with Gasteiger partial charge >= 0.3 is 0 Å². The smallest absolute Gasteiger partial charge is 0.224 e. The van der Waals surface area contributed by atoms with Gasteiger partial charge in [0, 0.05) is 17.8 Å². The molecule has 88 valence electrons. The number of amides is 1. The summed E-state index contributed by atoms with van der Waals surface area (Å²) in [5, 5.41) is 3.11.